The van der Waals surface area contributed by atoms with Crippen LogP contribution in [0.4, 0.5) is 5.69 Å². The molecule has 0 fully saturated rings. The summed E-state index contributed by atoms with van der Waals surface area (Å²) in [4.78, 5) is 27.4. The first kappa shape index (κ1) is 19.8. The number of nitrogens with zero attached hydrogens (tertiary/aromatic N) is 3. The quantitative estimate of drug-likeness (QED) is 0.710. The fourth-order valence-electron chi connectivity index (χ4n) is 3.79. The number of nitrogens with one attached hydrogen (secondary N) is 1. The van der Waals surface area contributed by atoms with Gasteiger partial charge in [-0.25, -0.2) is 4.68 Å². The van der Waals surface area contributed by atoms with Crippen LogP contribution in [0.5, 0.6) is 0 Å². The Bertz CT molecular complexity index is 1120. The number of aromatic nitrogens is 3. The topological polar surface area (TPSA) is 76.9 Å². The van der Waals surface area contributed by atoms with Gasteiger partial charge in [0.15, 0.2) is 4.83 Å². The minimum Gasteiger partial charge on any atom is -0.324 e. The maximum absolute atomic E-state index is 13.0. The molecule has 3 aromatic rings. The lowest BCUT2D eigenvalue weighted by molar-refractivity contribution is -0.117. The Morgan fingerprint density at radius 2 is 2.00 bits per heavy atom. The molecule has 1 aromatic carbocycles. The standard InChI is InChI=1S/C22H26N4O2S/c1-13-5-10-16-17(11-13)29-20-19(16)21(28)26(25-24-20)12-18(27)23-15-8-6-14(7-9-15)22(2,3)4/h6-9,13H,5,10-12H2,1-4H3,(H,23,27). The van der Waals surface area contributed by atoms with Gasteiger partial charge >= 0.3 is 0 Å². The molecular formula is C22H26N4O2S. The molecule has 2 aromatic heterocycles. The largest absolute Gasteiger partial charge is 0.324 e. The summed E-state index contributed by atoms with van der Waals surface area (Å²) in [6, 6.07) is 7.78. The van der Waals surface area contributed by atoms with Gasteiger partial charge < -0.3 is 5.32 Å². The first-order valence-electron chi connectivity index (χ1n) is 10.0. The van der Waals surface area contributed by atoms with Crippen molar-refractivity contribution in [3.05, 3.63) is 50.6 Å². The maximum Gasteiger partial charge on any atom is 0.279 e. The van der Waals surface area contributed by atoms with E-state index in [0.29, 0.717) is 21.8 Å². The summed E-state index contributed by atoms with van der Waals surface area (Å²) in [5.74, 6) is 0.336. The fraction of sp³-hybridized carbons (Fsp3) is 0.455. The first-order chi connectivity index (χ1) is 13.7. The minimum absolute atomic E-state index is 0.0539. The van der Waals surface area contributed by atoms with Gasteiger partial charge in [0.1, 0.15) is 6.54 Å². The lowest BCUT2D eigenvalue weighted by Gasteiger charge is -2.19. The summed E-state index contributed by atoms with van der Waals surface area (Å²) in [5.41, 5.74) is 2.83. The van der Waals surface area contributed by atoms with Crippen molar-refractivity contribution in [2.75, 3.05) is 5.32 Å². The van der Waals surface area contributed by atoms with Gasteiger partial charge in [-0.05, 0) is 53.9 Å². The highest BCUT2D eigenvalue weighted by Crippen LogP contribution is 2.35. The van der Waals surface area contributed by atoms with E-state index in [1.807, 2.05) is 24.3 Å². The predicted molar refractivity (Wildman–Crippen MR) is 117 cm³/mol. The predicted octanol–water partition coefficient (Wildman–Crippen LogP) is 3.91. The summed E-state index contributed by atoms with van der Waals surface area (Å²) in [6.07, 6.45) is 2.95. The number of hydrogen-bond donors (Lipinski definition) is 1. The minimum atomic E-state index is -0.290. The third kappa shape index (κ3) is 3.96. The van der Waals surface area contributed by atoms with Crippen molar-refractivity contribution in [2.24, 2.45) is 5.92 Å². The third-order valence-corrected chi connectivity index (χ3v) is 6.65. The zero-order valence-electron chi connectivity index (χ0n) is 17.3. The Labute approximate surface area is 173 Å². The molecule has 1 aliphatic carbocycles. The maximum atomic E-state index is 13.0. The Balaban J connectivity index is 1.54. The van der Waals surface area contributed by atoms with Gasteiger partial charge in [0.05, 0.1) is 5.39 Å². The molecule has 1 aliphatic rings. The molecule has 0 saturated heterocycles. The third-order valence-electron chi connectivity index (χ3n) is 5.51. The van der Waals surface area contributed by atoms with Crippen molar-refractivity contribution in [2.45, 2.75) is 58.9 Å². The summed E-state index contributed by atoms with van der Waals surface area (Å²) < 4.78 is 1.17. The van der Waals surface area contributed by atoms with Gasteiger partial charge in [-0.2, -0.15) is 0 Å². The van der Waals surface area contributed by atoms with Crippen LogP contribution in [0.1, 0.15) is 50.1 Å². The van der Waals surface area contributed by atoms with E-state index >= 15 is 0 Å². The molecule has 29 heavy (non-hydrogen) atoms. The van der Waals surface area contributed by atoms with Crippen molar-refractivity contribution in [3.8, 4) is 0 Å². The molecule has 0 radical (unpaired) electrons. The molecule has 0 aliphatic heterocycles. The Morgan fingerprint density at radius 1 is 1.28 bits per heavy atom. The van der Waals surface area contributed by atoms with Crippen molar-refractivity contribution < 1.29 is 4.79 Å². The number of amides is 1. The Morgan fingerprint density at radius 3 is 2.69 bits per heavy atom. The SMILES string of the molecule is CC1CCc2c(sc3nnn(CC(=O)Nc4ccc(C(C)(C)C)cc4)c(=O)c23)C1. The van der Waals surface area contributed by atoms with Crippen LogP contribution >= 0.6 is 11.3 Å². The second-order valence-corrected chi connectivity index (χ2v) is 10.0. The molecule has 0 bridgehead atoms. The molecule has 1 amide bonds. The van der Waals surface area contributed by atoms with E-state index in [0.717, 1.165) is 24.8 Å². The lowest BCUT2D eigenvalue weighted by atomic mass is 9.87. The van der Waals surface area contributed by atoms with Crippen LogP contribution in [0.2, 0.25) is 0 Å². The Kier molecular flexibility index (Phi) is 5.02. The van der Waals surface area contributed by atoms with Gasteiger partial charge in [0.2, 0.25) is 5.91 Å². The van der Waals surface area contributed by atoms with Gasteiger partial charge in [-0.1, -0.05) is 45.0 Å². The van der Waals surface area contributed by atoms with E-state index in [2.05, 4.69) is 43.3 Å². The van der Waals surface area contributed by atoms with Crippen molar-refractivity contribution in [3.63, 3.8) is 0 Å². The molecule has 1 unspecified atom stereocenters. The summed E-state index contributed by atoms with van der Waals surface area (Å²) in [5, 5.41) is 11.7. The smallest absolute Gasteiger partial charge is 0.279 e. The molecule has 4 rings (SSSR count). The molecule has 0 spiro atoms. The van der Waals surface area contributed by atoms with Crippen LogP contribution in [0.3, 0.4) is 0 Å². The molecule has 152 valence electrons. The second kappa shape index (κ2) is 7.37. The molecule has 1 N–H and O–H groups in total. The zero-order valence-corrected chi connectivity index (χ0v) is 18.1. The lowest BCUT2D eigenvalue weighted by Crippen LogP contribution is -2.30. The number of carbonyl (C=O) groups excluding carboxylic acids is 1. The number of rotatable bonds is 3. The van der Waals surface area contributed by atoms with Crippen LogP contribution in [-0.2, 0) is 29.6 Å². The van der Waals surface area contributed by atoms with E-state index in [4.69, 9.17) is 0 Å². The number of thiophene rings is 1. The zero-order chi connectivity index (χ0) is 20.8. The fourth-order valence-corrected chi connectivity index (χ4v) is 5.10. The summed E-state index contributed by atoms with van der Waals surface area (Å²) in [6.45, 7) is 8.52. The number of hydrogen-bond acceptors (Lipinski definition) is 5. The molecule has 0 saturated carbocycles. The Hall–Kier alpha value is -2.54. The average molecular weight is 411 g/mol. The average Bonchev–Trinajstić information content (AvgIpc) is 3.02. The second-order valence-electron chi connectivity index (χ2n) is 8.96. The van der Waals surface area contributed by atoms with Crippen molar-refractivity contribution in [1.82, 2.24) is 15.0 Å². The number of benzene rings is 1. The highest BCUT2D eigenvalue weighted by atomic mass is 32.1. The van der Waals surface area contributed by atoms with Gasteiger partial charge in [0.25, 0.3) is 5.56 Å². The van der Waals surface area contributed by atoms with Crippen LogP contribution in [0, 0.1) is 5.92 Å². The number of fused-ring (bicyclic) bond motifs is 3. The molecule has 7 heteroatoms. The van der Waals surface area contributed by atoms with Crippen LogP contribution < -0.4 is 10.9 Å². The first-order valence-corrected chi connectivity index (χ1v) is 10.8. The molecule has 2 heterocycles. The highest BCUT2D eigenvalue weighted by Gasteiger charge is 2.24. The number of carbonyl (C=O) groups is 1. The van der Waals surface area contributed by atoms with E-state index in [1.165, 1.54) is 15.1 Å². The van der Waals surface area contributed by atoms with Crippen LogP contribution in [0.25, 0.3) is 10.2 Å². The molecular weight excluding hydrogens is 384 g/mol. The summed E-state index contributed by atoms with van der Waals surface area (Å²) >= 11 is 1.56. The van der Waals surface area contributed by atoms with Gasteiger partial charge in [-0.3, -0.25) is 9.59 Å². The highest BCUT2D eigenvalue weighted by molar-refractivity contribution is 7.18. The number of aryl methyl sites for hydroxylation is 1. The molecule has 6 nitrogen and oxygen atoms in total. The van der Waals surface area contributed by atoms with Crippen LogP contribution in [0.15, 0.2) is 29.1 Å². The number of anilines is 1. The molecule has 1 atom stereocenters. The van der Waals surface area contributed by atoms with Gasteiger partial charge in [0, 0.05) is 10.6 Å². The van der Waals surface area contributed by atoms with E-state index < -0.39 is 0 Å². The van der Waals surface area contributed by atoms with E-state index in [-0.39, 0.29) is 23.4 Å². The van der Waals surface area contributed by atoms with Gasteiger partial charge in [-0.15, -0.1) is 16.4 Å². The van der Waals surface area contributed by atoms with E-state index in [9.17, 15) is 9.59 Å². The normalized spacial score (nSPS) is 16.6. The monoisotopic (exact) mass is 410 g/mol. The van der Waals surface area contributed by atoms with E-state index in [1.54, 1.807) is 11.3 Å². The van der Waals surface area contributed by atoms with Crippen molar-refractivity contribution in [1.29, 1.82) is 0 Å². The van der Waals surface area contributed by atoms with Crippen molar-refractivity contribution >= 4 is 33.1 Å². The van der Waals surface area contributed by atoms with Crippen LogP contribution in [-0.4, -0.2) is 20.9 Å². The summed E-state index contributed by atoms with van der Waals surface area (Å²) in [7, 11) is 0.